The molecule has 1 amide bonds. The summed E-state index contributed by atoms with van der Waals surface area (Å²) in [5, 5.41) is 2.82. The smallest absolute Gasteiger partial charge is 0.262 e. The van der Waals surface area contributed by atoms with Crippen LogP contribution in [0.25, 0.3) is 0 Å². The van der Waals surface area contributed by atoms with Crippen molar-refractivity contribution in [3.63, 3.8) is 0 Å². The van der Waals surface area contributed by atoms with Crippen LogP contribution in [-0.2, 0) is 17.6 Å². The van der Waals surface area contributed by atoms with Crippen molar-refractivity contribution in [1.29, 1.82) is 0 Å². The van der Waals surface area contributed by atoms with E-state index in [2.05, 4.69) is 11.4 Å². The van der Waals surface area contributed by atoms with Gasteiger partial charge in [-0.15, -0.1) is 0 Å². The molecule has 0 unspecified atom stereocenters. The first-order valence-corrected chi connectivity index (χ1v) is 8.22. The number of carbonyl (C=O) groups is 1. The molecule has 2 aromatic rings. The number of aryl methyl sites for hydroxylation is 2. The summed E-state index contributed by atoms with van der Waals surface area (Å²) in [6, 6.07) is 11.4. The molecule has 0 saturated heterocycles. The van der Waals surface area contributed by atoms with Crippen LogP contribution in [0.15, 0.2) is 36.4 Å². The van der Waals surface area contributed by atoms with Crippen molar-refractivity contribution in [2.75, 3.05) is 25.1 Å². The molecule has 0 atom stereocenters. The summed E-state index contributed by atoms with van der Waals surface area (Å²) < 4.78 is 16.6. The Morgan fingerprint density at radius 3 is 2.75 bits per heavy atom. The van der Waals surface area contributed by atoms with E-state index in [0.717, 1.165) is 18.6 Å². The molecule has 0 radical (unpaired) electrons. The maximum atomic E-state index is 12.1. The van der Waals surface area contributed by atoms with E-state index in [1.54, 1.807) is 18.2 Å². The van der Waals surface area contributed by atoms with E-state index in [-0.39, 0.29) is 12.5 Å². The van der Waals surface area contributed by atoms with Crippen molar-refractivity contribution >= 4 is 11.6 Å². The zero-order valence-corrected chi connectivity index (χ0v) is 13.3. The Bertz CT molecular complexity index is 772. The fourth-order valence-corrected chi connectivity index (χ4v) is 3.11. The van der Waals surface area contributed by atoms with Crippen LogP contribution in [0.4, 0.5) is 5.69 Å². The van der Waals surface area contributed by atoms with Crippen LogP contribution < -0.4 is 19.5 Å². The third-order valence-corrected chi connectivity index (χ3v) is 4.27. The van der Waals surface area contributed by atoms with Crippen molar-refractivity contribution < 1.29 is 19.0 Å². The van der Waals surface area contributed by atoms with Crippen molar-refractivity contribution in [3.8, 4) is 17.2 Å². The second-order valence-corrected chi connectivity index (χ2v) is 5.98. The fourth-order valence-electron chi connectivity index (χ4n) is 3.11. The fraction of sp³-hybridized carbons (Fsp3) is 0.316. The molecule has 1 aliphatic carbocycles. The summed E-state index contributed by atoms with van der Waals surface area (Å²) in [4.78, 5) is 12.1. The summed E-state index contributed by atoms with van der Waals surface area (Å²) in [5.41, 5.74) is 3.39. The zero-order chi connectivity index (χ0) is 16.4. The summed E-state index contributed by atoms with van der Waals surface area (Å²) in [6.45, 7) is 1.05. The molecule has 2 aliphatic rings. The Kier molecular flexibility index (Phi) is 3.99. The normalized spacial score (nSPS) is 14.8. The average molecular weight is 325 g/mol. The van der Waals surface area contributed by atoms with Crippen LogP contribution in [0.1, 0.15) is 17.5 Å². The molecule has 0 fully saturated rings. The van der Waals surface area contributed by atoms with Gasteiger partial charge in [0.1, 0.15) is 19.0 Å². The molecule has 2 aromatic carbocycles. The van der Waals surface area contributed by atoms with E-state index in [0.29, 0.717) is 30.4 Å². The van der Waals surface area contributed by atoms with Gasteiger partial charge >= 0.3 is 0 Å². The maximum Gasteiger partial charge on any atom is 0.262 e. The Hall–Kier alpha value is -2.69. The number of nitrogens with one attached hydrogen (secondary N) is 1. The maximum absolute atomic E-state index is 12.1. The number of ether oxygens (including phenoxy) is 3. The molecule has 0 spiro atoms. The van der Waals surface area contributed by atoms with Gasteiger partial charge in [-0.3, -0.25) is 4.79 Å². The third-order valence-electron chi connectivity index (χ3n) is 4.27. The second-order valence-electron chi connectivity index (χ2n) is 5.98. The van der Waals surface area contributed by atoms with Crippen LogP contribution in [-0.4, -0.2) is 25.7 Å². The van der Waals surface area contributed by atoms with E-state index in [9.17, 15) is 4.79 Å². The molecule has 5 nitrogen and oxygen atoms in total. The first-order chi connectivity index (χ1) is 11.8. The number of rotatable bonds is 4. The monoisotopic (exact) mass is 325 g/mol. The lowest BCUT2D eigenvalue weighted by atomic mass is 10.1. The third kappa shape index (κ3) is 3.15. The molecule has 124 valence electrons. The molecule has 5 heteroatoms. The van der Waals surface area contributed by atoms with E-state index in [4.69, 9.17) is 14.2 Å². The minimum absolute atomic E-state index is 0.0206. The summed E-state index contributed by atoms with van der Waals surface area (Å²) in [6.07, 6.45) is 3.43. The van der Waals surface area contributed by atoms with Crippen LogP contribution in [0.5, 0.6) is 17.2 Å². The molecular weight excluding hydrogens is 306 g/mol. The van der Waals surface area contributed by atoms with Crippen LogP contribution in [0.2, 0.25) is 0 Å². The minimum atomic E-state index is -0.202. The molecular formula is C19H19NO4. The van der Waals surface area contributed by atoms with E-state index < -0.39 is 0 Å². The van der Waals surface area contributed by atoms with E-state index in [1.165, 1.54) is 17.5 Å². The SMILES string of the molecule is O=C(COc1ccc2c(c1)CCC2)Nc1ccc2c(c1)OCCO2. The highest BCUT2D eigenvalue weighted by Gasteiger charge is 2.14. The van der Waals surface area contributed by atoms with Crippen LogP contribution in [0, 0.1) is 0 Å². The summed E-state index contributed by atoms with van der Waals surface area (Å²) in [5.74, 6) is 1.90. The molecule has 1 aliphatic heterocycles. The molecule has 1 heterocycles. The van der Waals surface area contributed by atoms with Gasteiger partial charge in [0.15, 0.2) is 18.1 Å². The lowest BCUT2D eigenvalue weighted by molar-refractivity contribution is -0.118. The number of hydrogen-bond acceptors (Lipinski definition) is 4. The van der Waals surface area contributed by atoms with Gasteiger partial charge in [-0.2, -0.15) is 0 Å². The molecule has 4 rings (SSSR count). The summed E-state index contributed by atoms with van der Waals surface area (Å²) >= 11 is 0. The quantitative estimate of drug-likeness (QED) is 0.939. The number of hydrogen-bond donors (Lipinski definition) is 1. The molecule has 0 bridgehead atoms. The average Bonchev–Trinajstić information content (AvgIpc) is 3.07. The highest BCUT2D eigenvalue weighted by molar-refractivity contribution is 5.92. The highest BCUT2D eigenvalue weighted by atomic mass is 16.6. The first-order valence-electron chi connectivity index (χ1n) is 8.22. The van der Waals surface area contributed by atoms with Crippen molar-refractivity contribution in [3.05, 3.63) is 47.5 Å². The lowest BCUT2D eigenvalue weighted by Crippen LogP contribution is -2.20. The standard InChI is InChI=1S/C19H19NO4/c21-19(12-24-16-6-4-13-2-1-3-14(13)10-16)20-15-5-7-17-18(11-15)23-9-8-22-17/h4-7,10-11H,1-3,8-9,12H2,(H,20,21). The summed E-state index contributed by atoms with van der Waals surface area (Å²) in [7, 11) is 0. The number of benzene rings is 2. The van der Waals surface area contributed by atoms with Gasteiger partial charge in [-0.1, -0.05) is 6.07 Å². The van der Waals surface area contributed by atoms with Gasteiger partial charge in [0.25, 0.3) is 5.91 Å². The largest absolute Gasteiger partial charge is 0.486 e. The Balaban J connectivity index is 1.35. The second kappa shape index (κ2) is 6.43. The predicted octanol–water partition coefficient (Wildman–Crippen LogP) is 2.96. The van der Waals surface area contributed by atoms with Crippen LogP contribution >= 0.6 is 0 Å². The molecule has 24 heavy (non-hydrogen) atoms. The Labute approximate surface area is 140 Å². The van der Waals surface area contributed by atoms with Crippen molar-refractivity contribution in [2.24, 2.45) is 0 Å². The van der Waals surface area contributed by atoms with E-state index >= 15 is 0 Å². The molecule has 1 N–H and O–H groups in total. The zero-order valence-electron chi connectivity index (χ0n) is 13.3. The van der Waals surface area contributed by atoms with Gasteiger partial charge in [0.2, 0.25) is 0 Å². The molecule has 0 aromatic heterocycles. The number of amides is 1. The number of carbonyl (C=O) groups excluding carboxylic acids is 1. The number of anilines is 1. The van der Waals surface area contributed by atoms with Crippen LogP contribution in [0.3, 0.4) is 0 Å². The van der Waals surface area contributed by atoms with Crippen molar-refractivity contribution in [2.45, 2.75) is 19.3 Å². The van der Waals surface area contributed by atoms with E-state index in [1.807, 2.05) is 12.1 Å². The Morgan fingerprint density at radius 1 is 1.00 bits per heavy atom. The number of fused-ring (bicyclic) bond motifs is 2. The van der Waals surface area contributed by atoms with Gasteiger partial charge < -0.3 is 19.5 Å². The lowest BCUT2D eigenvalue weighted by Gasteiger charge is -2.19. The topological polar surface area (TPSA) is 56.8 Å². The Morgan fingerprint density at radius 2 is 1.83 bits per heavy atom. The van der Waals surface area contributed by atoms with Gasteiger partial charge in [0.05, 0.1) is 0 Å². The predicted molar refractivity (Wildman–Crippen MR) is 90.0 cm³/mol. The van der Waals surface area contributed by atoms with Gasteiger partial charge in [-0.05, 0) is 54.7 Å². The first kappa shape index (κ1) is 14.9. The molecule has 0 saturated carbocycles. The minimum Gasteiger partial charge on any atom is -0.486 e. The van der Waals surface area contributed by atoms with Gasteiger partial charge in [0, 0.05) is 11.8 Å². The van der Waals surface area contributed by atoms with Crippen molar-refractivity contribution in [1.82, 2.24) is 0 Å². The van der Waals surface area contributed by atoms with Gasteiger partial charge in [-0.25, -0.2) is 0 Å². The highest BCUT2D eigenvalue weighted by Crippen LogP contribution is 2.32.